The lowest BCUT2D eigenvalue weighted by atomic mass is 9.81. The SMILES string of the molecule is O=C(NC1(c2ccc(OC(F)(F)F)cc2)CCOc2cccnc21)c1ccc2nc[nH]c2c1. The van der Waals surface area contributed by atoms with Crippen molar-refractivity contribution in [1.82, 2.24) is 20.3 Å². The van der Waals surface area contributed by atoms with Crippen LogP contribution in [0.5, 0.6) is 11.5 Å². The van der Waals surface area contributed by atoms with Gasteiger partial charge >= 0.3 is 6.36 Å². The van der Waals surface area contributed by atoms with E-state index in [1.165, 1.54) is 30.6 Å². The number of halogens is 3. The largest absolute Gasteiger partial charge is 0.573 e. The summed E-state index contributed by atoms with van der Waals surface area (Å²) >= 11 is 0. The second-order valence-corrected chi connectivity index (χ2v) is 7.51. The van der Waals surface area contributed by atoms with Gasteiger partial charge in [-0.3, -0.25) is 9.78 Å². The van der Waals surface area contributed by atoms with Gasteiger partial charge in [-0.2, -0.15) is 0 Å². The first-order valence-electron chi connectivity index (χ1n) is 10.0. The minimum absolute atomic E-state index is 0.277. The number of nitrogens with zero attached hydrogens (tertiary/aromatic N) is 2. The molecule has 0 saturated heterocycles. The maximum Gasteiger partial charge on any atom is 0.573 e. The Labute approximate surface area is 185 Å². The summed E-state index contributed by atoms with van der Waals surface area (Å²) in [6.45, 7) is 0.277. The number of rotatable bonds is 4. The molecule has 2 N–H and O–H groups in total. The molecular formula is C23H17F3N4O3. The van der Waals surface area contributed by atoms with Gasteiger partial charge in [0.25, 0.3) is 5.91 Å². The zero-order chi connectivity index (χ0) is 23.1. The molecule has 3 heterocycles. The number of nitrogens with one attached hydrogen (secondary N) is 2. The average molecular weight is 454 g/mol. The van der Waals surface area contributed by atoms with E-state index in [0.29, 0.717) is 34.5 Å². The first-order valence-corrected chi connectivity index (χ1v) is 10.0. The van der Waals surface area contributed by atoms with Crippen LogP contribution in [0.4, 0.5) is 13.2 Å². The molecule has 2 aromatic carbocycles. The molecule has 0 radical (unpaired) electrons. The fourth-order valence-corrected chi connectivity index (χ4v) is 4.02. The Balaban J connectivity index is 1.56. The third-order valence-corrected chi connectivity index (χ3v) is 5.50. The monoisotopic (exact) mass is 454 g/mol. The molecule has 1 amide bonds. The van der Waals surface area contributed by atoms with E-state index in [9.17, 15) is 18.0 Å². The predicted octanol–water partition coefficient (Wildman–Crippen LogP) is 4.31. The topological polar surface area (TPSA) is 89.1 Å². The minimum atomic E-state index is -4.80. The van der Waals surface area contributed by atoms with Crippen LogP contribution in [0.15, 0.2) is 67.1 Å². The van der Waals surface area contributed by atoms with E-state index in [2.05, 4.69) is 25.0 Å². The summed E-state index contributed by atoms with van der Waals surface area (Å²) in [4.78, 5) is 24.9. The van der Waals surface area contributed by atoms with E-state index in [-0.39, 0.29) is 18.3 Å². The van der Waals surface area contributed by atoms with Crippen molar-refractivity contribution >= 4 is 16.9 Å². The Morgan fingerprint density at radius 3 is 2.73 bits per heavy atom. The van der Waals surface area contributed by atoms with E-state index in [0.717, 1.165) is 5.52 Å². The molecule has 10 heteroatoms. The summed E-state index contributed by atoms with van der Waals surface area (Å²) in [7, 11) is 0. The van der Waals surface area contributed by atoms with Crippen molar-refractivity contribution in [2.75, 3.05) is 6.61 Å². The first kappa shape index (κ1) is 20.8. The second-order valence-electron chi connectivity index (χ2n) is 7.51. The molecule has 0 aliphatic carbocycles. The van der Waals surface area contributed by atoms with Gasteiger partial charge in [0.05, 0.1) is 24.0 Å². The number of carbonyl (C=O) groups is 1. The fourth-order valence-electron chi connectivity index (χ4n) is 4.02. The number of hydrogen-bond donors (Lipinski definition) is 2. The Morgan fingerprint density at radius 2 is 1.94 bits per heavy atom. The Hall–Kier alpha value is -4.08. The number of carbonyl (C=O) groups excluding carboxylic acids is 1. The lowest BCUT2D eigenvalue weighted by Crippen LogP contribution is -2.50. The van der Waals surface area contributed by atoms with Crippen molar-refractivity contribution in [3.05, 3.63) is 83.9 Å². The summed E-state index contributed by atoms with van der Waals surface area (Å²) in [6.07, 6.45) is -1.36. The summed E-state index contributed by atoms with van der Waals surface area (Å²) in [6, 6.07) is 13.9. The molecule has 168 valence electrons. The number of amides is 1. The van der Waals surface area contributed by atoms with Gasteiger partial charge in [0.1, 0.15) is 22.7 Å². The molecule has 1 aliphatic heterocycles. The molecule has 5 rings (SSSR count). The number of imidazole rings is 1. The zero-order valence-electron chi connectivity index (χ0n) is 17.0. The van der Waals surface area contributed by atoms with Crippen molar-refractivity contribution in [1.29, 1.82) is 0 Å². The van der Waals surface area contributed by atoms with Crippen molar-refractivity contribution in [2.45, 2.75) is 18.3 Å². The molecule has 0 spiro atoms. The van der Waals surface area contributed by atoms with Gasteiger partial charge in [-0.05, 0) is 48.0 Å². The fraction of sp³-hybridized carbons (Fsp3) is 0.174. The molecule has 7 nitrogen and oxygen atoms in total. The molecule has 1 atom stereocenters. The average Bonchev–Trinajstić information content (AvgIpc) is 3.27. The molecular weight excluding hydrogens is 437 g/mol. The van der Waals surface area contributed by atoms with E-state index >= 15 is 0 Å². The number of pyridine rings is 1. The van der Waals surface area contributed by atoms with Crippen molar-refractivity contribution in [2.24, 2.45) is 0 Å². The highest BCUT2D eigenvalue weighted by molar-refractivity contribution is 5.98. The van der Waals surface area contributed by atoms with Gasteiger partial charge < -0.3 is 19.8 Å². The van der Waals surface area contributed by atoms with Crippen LogP contribution in [-0.4, -0.2) is 33.8 Å². The minimum Gasteiger partial charge on any atom is -0.491 e. The van der Waals surface area contributed by atoms with Gasteiger partial charge in [0.15, 0.2) is 0 Å². The highest BCUT2D eigenvalue weighted by Gasteiger charge is 2.42. The van der Waals surface area contributed by atoms with Crippen LogP contribution in [0.3, 0.4) is 0 Å². The number of H-pyrrole nitrogens is 1. The quantitative estimate of drug-likeness (QED) is 0.480. The van der Waals surface area contributed by atoms with Gasteiger partial charge in [0, 0.05) is 18.2 Å². The lowest BCUT2D eigenvalue weighted by molar-refractivity contribution is -0.274. The van der Waals surface area contributed by atoms with Crippen LogP contribution in [0.2, 0.25) is 0 Å². The molecule has 1 unspecified atom stereocenters. The standard InChI is InChI=1S/C23H17F3N4O3/c24-23(25,26)33-16-6-4-15(5-7-16)22(9-11-32-19-2-1-10-27-20(19)22)30-21(31)14-3-8-17-18(12-14)29-13-28-17/h1-8,10,12-13H,9,11H2,(H,28,29)(H,30,31). The van der Waals surface area contributed by atoms with E-state index in [1.54, 1.807) is 36.5 Å². The van der Waals surface area contributed by atoms with E-state index < -0.39 is 11.9 Å². The Morgan fingerprint density at radius 1 is 1.12 bits per heavy atom. The molecule has 0 fully saturated rings. The summed E-state index contributed by atoms with van der Waals surface area (Å²) in [5, 5.41) is 3.07. The van der Waals surface area contributed by atoms with Gasteiger partial charge in [-0.15, -0.1) is 13.2 Å². The Kier molecular flexibility index (Phi) is 4.92. The van der Waals surface area contributed by atoms with Crippen LogP contribution in [0.1, 0.15) is 28.0 Å². The summed E-state index contributed by atoms with van der Waals surface area (Å²) < 4.78 is 47.5. The summed E-state index contributed by atoms with van der Waals surface area (Å²) in [5.41, 5.74) is 1.72. The lowest BCUT2D eigenvalue weighted by Gasteiger charge is -2.39. The smallest absolute Gasteiger partial charge is 0.491 e. The van der Waals surface area contributed by atoms with E-state index in [4.69, 9.17) is 4.74 Å². The summed E-state index contributed by atoms with van der Waals surface area (Å²) in [5.74, 6) is -0.241. The molecule has 0 bridgehead atoms. The van der Waals surface area contributed by atoms with Crippen molar-refractivity contribution in [3.8, 4) is 11.5 Å². The molecule has 4 aromatic rings. The predicted molar refractivity (Wildman–Crippen MR) is 112 cm³/mol. The molecule has 1 aliphatic rings. The van der Waals surface area contributed by atoms with Crippen LogP contribution < -0.4 is 14.8 Å². The number of alkyl halides is 3. The third-order valence-electron chi connectivity index (χ3n) is 5.50. The number of ether oxygens (including phenoxy) is 2. The van der Waals surface area contributed by atoms with Crippen molar-refractivity contribution in [3.63, 3.8) is 0 Å². The number of fused-ring (bicyclic) bond motifs is 2. The van der Waals surface area contributed by atoms with Gasteiger partial charge in [-0.25, -0.2) is 4.98 Å². The first-order chi connectivity index (χ1) is 15.8. The maximum atomic E-state index is 13.3. The normalized spacial score (nSPS) is 17.8. The second kappa shape index (κ2) is 7.80. The highest BCUT2D eigenvalue weighted by Crippen LogP contribution is 2.41. The number of aromatic amines is 1. The Bertz CT molecular complexity index is 1320. The zero-order valence-corrected chi connectivity index (χ0v) is 17.0. The van der Waals surface area contributed by atoms with Gasteiger partial charge in [-0.1, -0.05) is 12.1 Å². The van der Waals surface area contributed by atoms with Crippen LogP contribution >= 0.6 is 0 Å². The maximum absolute atomic E-state index is 13.3. The highest BCUT2D eigenvalue weighted by atomic mass is 19.4. The van der Waals surface area contributed by atoms with Crippen LogP contribution in [0, 0.1) is 0 Å². The molecule has 2 aromatic heterocycles. The van der Waals surface area contributed by atoms with Crippen LogP contribution in [0.25, 0.3) is 11.0 Å². The van der Waals surface area contributed by atoms with Crippen molar-refractivity contribution < 1.29 is 27.4 Å². The van der Waals surface area contributed by atoms with Gasteiger partial charge in [0.2, 0.25) is 0 Å². The number of hydrogen-bond acceptors (Lipinski definition) is 5. The van der Waals surface area contributed by atoms with E-state index in [1.807, 2.05) is 0 Å². The number of benzene rings is 2. The molecule has 0 saturated carbocycles. The van der Waals surface area contributed by atoms with Crippen LogP contribution in [-0.2, 0) is 5.54 Å². The number of aromatic nitrogens is 3. The third kappa shape index (κ3) is 3.95. The molecule has 33 heavy (non-hydrogen) atoms.